The molecule has 0 aromatic heterocycles. The van der Waals surface area contributed by atoms with E-state index in [0.717, 1.165) is 5.56 Å². The predicted molar refractivity (Wildman–Crippen MR) is 112 cm³/mol. The van der Waals surface area contributed by atoms with Gasteiger partial charge in [-0.05, 0) is 55.8 Å². The topological polar surface area (TPSA) is 70.7 Å². The van der Waals surface area contributed by atoms with Crippen molar-refractivity contribution in [1.29, 1.82) is 0 Å². The van der Waals surface area contributed by atoms with Crippen molar-refractivity contribution in [2.24, 2.45) is 0 Å². The van der Waals surface area contributed by atoms with Gasteiger partial charge in [0.15, 0.2) is 0 Å². The third kappa shape index (κ3) is 6.04. The molecule has 8 heteroatoms. The number of hydrogen-bond donors (Lipinski definition) is 2. The Bertz CT molecular complexity index is 828. The summed E-state index contributed by atoms with van der Waals surface area (Å²) in [6, 6.07) is 11.5. The standard InChI is InChI=1S/C20H23Cl2N3O3/c1-4-25(12-19(26)24-15-6-8-16(28-3)9-7-15)20(27)23-13(2)14-5-10-17(21)18(22)11-14/h5-11,13H,4,12H2,1-3H3,(H,23,27)(H,24,26)/t13-/m0/s1. The highest BCUT2D eigenvalue weighted by Gasteiger charge is 2.18. The third-order valence-corrected chi connectivity index (χ3v) is 4.90. The van der Waals surface area contributed by atoms with Gasteiger partial charge in [0.25, 0.3) is 0 Å². The zero-order valence-electron chi connectivity index (χ0n) is 16.0. The molecule has 0 saturated carbocycles. The van der Waals surface area contributed by atoms with E-state index in [1.807, 2.05) is 13.8 Å². The molecule has 2 aromatic carbocycles. The number of rotatable bonds is 7. The summed E-state index contributed by atoms with van der Waals surface area (Å²) in [5, 5.41) is 6.51. The lowest BCUT2D eigenvalue weighted by molar-refractivity contribution is -0.116. The first-order valence-corrected chi connectivity index (χ1v) is 9.54. The van der Waals surface area contributed by atoms with Crippen LogP contribution in [0.1, 0.15) is 25.5 Å². The van der Waals surface area contributed by atoms with Crippen molar-refractivity contribution < 1.29 is 14.3 Å². The van der Waals surface area contributed by atoms with Crippen LogP contribution in [-0.2, 0) is 4.79 Å². The van der Waals surface area contributed by atoms with E-state index in [1.165, 1.54) is 4.90 Å². The van der Waals surface area contributed by atoms with Crippen LogP contribution in [0.5, 0.6) is 5.75 Å². The minimum absolute atomic E-state index is 0.0670. The number of carbonyl (C=O) groups excluding carboxylic acids is 2. The quantitative estimate of drug-likeness (QED) is 0.675. The summed E-state index contributed by atoms with van der Waals surface area (Å²) in [6.45, 7) is 3.96. The molecule has 0 aliphatic heterocycles. The zero-order chi connectivity index (χ0) is 20.7. The Labute approximate surface area is 174 Å². The molecule has 150 valence electrons. The monoisotopic (exact) mass is 423 g/mol. The second kappa shape index (κ2) is 10.2. The summed E-state index contributed by atoms with van der Waals surface area (Å²) in [6.07, 6.45) is 0. The lowest BCUT2D eigenvalue weighted by Gasteiger charge is -2.24. The van der Waals surface area contributed by atoms with E-state index in [2.05, 4.69) is 10.6 Å². The number of nitrogens with one attached hydrogen (secondary N) is 2. The molecule has 2 N–H and O–H groups in total. The molecule has 0 unspecified atom stereocenters. The summed E-state index contributed by atoms with van der Waals surface area (Å²) in [7, 11) is 1.57. The molecule has 0 spiro atoms. The van der Waals surface area contributed by atoms with Crippen LogP contribution in [0.4, 0.5) is 10.5 Å². The normalized spacial score (nSPS) is 11.5. The van der Waals surface area contributed by atoms with E-state index in [-0.39, 0.29) is 24.5 Å². The molecule has 0 saturated heterocycles. The Morgan fingerprint density at radius 2 is 1.79 bits per heavy atom. The van der Waals surface area contributed by atoms with Gasteiger partial charge < -0.3 is 20.3 Å². The number of anilines is 1. The zero-order valence-corrected chi connectivity index (χ0v) is 17.5. The molecule has 0 bridgehead atoms. The molecule has 6 nitrogen and oxygen atoms in total. The number of likely N-dealkylation sites (N-methyl/N-ethyl adjacent to an activating group) is 1. The van der Waals surface area contributed by atoms with Crippen molar-refractivity contribution >= 4 is 40.8 Å². The highest BCUT2D eigenvalue weighted by Crippen LogP contribution is 2.25. The van der Waals surface area contributed by atoms with Crippen LogP contribution >= 0.6 is 23.2 Å². The average Bonchev–Trinajstić information content (AvgIpc) is 2.68. The molecule has 0 fully saturated rings. The van der Waals surface area contributed by atoms with Crippen molar-refractivity contribution in [3.8, 4) is 5.75 Å². The second-order valence-corrected chi connectivity index (χ2v) is 6.95. The van der Waals surface area contributed by atoms with Crippen LogP contribution in [0, 0.1) is 0 Å². The first-order valence-electron chi connectivity index (χ1n) is 8.78. The molecule has 0 aliphatic rings. The summed E-state index contributed by atoms with van der Waals surface area (Å²) < 4.78 is 5.09. The Hall–Kier alpha value is -2.44. The van der Waals surface area contributed by atoms with Gasteiger partial charge in [-0.2, -0.15) is 0 Å². The maximum absolute atomic E-state index is 12.5. The van der Waals surface area contributed by atoms with Crippen molar-refractivity contribution in [2.45, 2.75) is 19.9 Å². The Kier molecular flexibility index (Phi) is 7.96. The van der Waals surface area contributed by atoms with Crippen LogP contribution in [0.3, 0.4) is 0 Å². The SMILES string of the molecule is CCN(CC(=O)Nc1ccc(OC)cc1)C(=O)N[C@@H](C)c1ccc(Cl)c(Cl)c1. The minimum atomic E-state index is -0.342. The Morgan fingerprint density at radius 3 is 2.36 bits per heavy atom. The summed E-state index contributed by atoms with van der Waals surface area (Å²) in [4.78, 5) is 26.2. The molecule has 0 radical (unpaired) electrons. The van der Waals surface area contributed by atoms with Crippen molar-refractivity contribution in [3.63, 3.8) is 0 Å². The maximum atomic E-state index is 12.5. The molecule has 0 aliphatic carbocycles. The maximum Gasteiger partial charge on any atom is 0.318 e. The number of hydrogen-bond acceptors (Lipinski definition) is 3. The molecule has 2 rings (SSSR count). The van der Waals surface area contributed by atoms with E-state index in [0.29, 0.717) is 28.0 Å². The van der Waals surface area contributed by atoms with Crippen LogP contribution < -0.4 is 15.4 Å². The van der Waals surface area contributed by atoms with Gasteiger partial charge in [-0.25, -0.2) is 4.79 Å². The van der Waals surface area contributed by atoms with Crippen LogP contribution in [0.2, 0.25) is 10.0 Å². The van der Waals surface area contributed by atoms with Crippen LogP contribution in [0.15, 0.2) is 42.5 Å². The lowest BCUT2D eigenvalue weighted by atomic mass is 10.1. The van der Waals surface area contributed by atoms with E-state index in [1.54, 1.807) is 49.6 Å². The Morgan fingerprint density at radius 1 is 1.11 bits per heavy atom. The third-order valence-electron chi connectivity index (χ3n) is 4.16. The smallest absolute Gasteiger partial charge is 0.318 e. The number of benzene rings is 2. The first-order chi connectivity index (χ1) is 13.3. The van der Waals surface area contributed by atoms with Gasteiger partial charge in [-0.1, -0.05) is 29.3 Å². The van der Waals surface area contributed by atoms with Gasteiger partial charge in [-0.3, -0.25) is 4.79 Å². The van der Waals surface area contributed by atoms with Gasteiger partial charge in [-0.15, -0.1) is 0 Å². The molecule has 0 heterocycles. The van der Waals surface area contributed by atoms with E-state index in [9.17, 15) is 9.59 Å². The molecule has 3 amide bonds. The predicted octanol–water partition coefficient (Wildman–Crippen LogP) is 4.73. The highest BCUT2D eigenvalue weighted by atomic mass is 35.5. The first kappa shape index (κ1) is 21.9. The van der Waals surface area contributed by atoms with Gasteiger partial charge in [0, 0.05) is 12.2 Å². The van der Waals surface area contributed by atoms with Crippen molar-refractivity contribution in [1.82, 2.24) is 10.2 Å². The van der Waals surface area contributed by atoms with E-state index in [4.69, 9.17) is 27.9 Å². The Balaban J connectivity index is 1.94. The largest absolute Gasteiger partial charge is 0.497 e. The number of methoxy groups -OCH3 is 1. The van der Waals surface area contributed by atoms with Gasteiger partial charge >= 0.3 is 6.03 Å². The van der Waals surface area contributed by atoms with Gasteiger partial charge in [0.1, 0.15) is 12.3 Å². The fraction of sp³-hybridized carbons (Fsp3) is 0.300. The number of carbonyl (C=O) groups is 2. The van der Waals surface area contributed by atoms with Crippen molar-refractivity contribution in [2.75, 3.05) is 25.5 Å². The molecule has 28 heavy (non-hydrogen) atoms. The van der Waals surface area contributed by atoms with Gasteiger partial charge in [0.05, 0.1) is 23.2 Å². The number of halogens is 2. The highest BCUT2D eigenvalue weighted by molar-refractivity contribution is 6.42. The van der Waals surface area contributed by atoms with E-state index >= 15 is 0 Å². The lowest BCUT2D eigenvalue weighted by Crippen LogP contribution is -2.44. The number of ether oxygens (including phenoxy) is 1. The minimum Gasteiger partial charge on any atom is -0.497 e. The van der Waals surface area contributed by atoms with Gasteiger partial charge in [0.2, 0.25) is 5.91 Å². The molecule has 2 aromatic rings. The number of amides is 3. The summed E-state index contributed by atoms with van der Waals surface area (Å²) in [5.41, 5.74) is 1.45. The fourth-order valence-electron chi connectivity index (χ4n) is 2.52. The van der Waals surface area contributed by atoms with Crippen LogP contribution in [-0.4, -0.2) is 37.0 Å². The summed E-state index contributed by atoms with van der Waals surface area (Å²) in [5.74, 6) is 0.410. The molecule has 1 atom stereocenters. The number of urea groups is 1. The van der Waals surface area contributed by atoms with E-state index < -0.39 is 0 Å². The fourth-order valence-corrected chi connectivity index (χ4v) is 2.82. The van der Waals surface area contributed by atoms with Crippen LogP contribution in [0.25, 0.3) is 0 Å². The second-order valence-electron chi connectivity index (χ2n) is 6.14. The summed E-state index contributed by atoms with van der Waals surface area (Å²) >= 11 is 12.0. The van der Waals surface area contributed by atoms with Crippen molar-refractivity contribution in [3.05, 3.63) is 58.1 Å². The molecular formula is C20H23Cl2N3O3. The number of nitrogens with zero attached hydrogens (tertiary/aromatic N) is 1. The average molecular weight is 424 g/mol. The molecular weight excluding hydrogens is 401 g/mol.